The van der Waals surface area contributed by atoms with E-state index in [4.69, 9.17) is 13.9 Å². The van der Waals surface area contributed by atoms with Crippen molar-refractivity contribution in [3.05, 3.63) is 66.4 Å². The topological polar surface area (TPSA) is 73.6 Å². The molecule has 29 heavy (non-hydrogen) atoms. The highest BCUT2D eigenvalue weighted by atomic mass is 19.1. The lowest BCUT2D eigenvalue weighted by Gasteiger charge is -2.08. The third kappa shape index (κ3) is 6.07. The van der Waals surface area contributed by atoms with Crippen molar-refractivity contribution >= 4 is 5.91 Å². The van der Waals surface area contributed by atoms with Crippen LogP contribution in [0.2, 0.25) is 0 Å². The fourth-order valence-electron chi connectivity index (χ4n) is 2.68. The summed E-state index contributed by atoms with van der Waals surface area (Å²) < 4.78 is 30.3. The number of hydrogen-bond acceptors (Lipinski definition) is 5. The number of carbonyl (C=O) groups excluding carboxylic acids is 1. The average Bonchev–Trinajstić information content (AvgIpc) is 3.20. The van der Waals surface area contributed by atoms with E-state index in [2.05, 4.69) is 10.3 Å². The Morgan fingerprint density at radius 3 is 2.55 bits per heavy atom. The zero-order chi connectivity index (χ0) is 20.5. The van der Waals surface area contributed by atoms with E-state index in [1.54, 1.807) is 18.2 Å². The van der Waals surface area contributed by atoms with Gasteiger partial charge in [-0.15, -0.1) is 0 Å². The molecule has 3 rings (SSSR count). The van der Waals surface area contributed by atoms with Gasteiger partial charge in [-0.1, -0.05) is 12.1 Å². The number of ether oxygens (including phenoxy) is 2. The third-order valence-corrected chi connectivity index (χ3v) is 4.09. The third-order valence-electron chi connectivity index (χ3n) is 4.09. The number of hydrogen-bond donors (Lipinski definition) is 1. The summed E-state index contributed by atoms with van der Waals surface area (Å²) in [5.74, 6) is 1.73. The van der Waals surface area contributed by atoms with Crippen molar-refractivity contribution in [1.29, 1.82) is 0 Å². The van der Waals surface area contributed by atoms with Crippen molar-refractivity contribution in [2.75, 3.05) is 19.8 Å². The Hall–Kier alpha value is -3.35. The fraction of sp³-hybridized carbons (Fsp3) is 0.273. The van der Waals surface area contributed by atoms with Crippen molar-refractivity contribution in [3.63, 3.8) is 0 Å². The molecule has 152 valence electrons. The first kappa shape index (κ1) is 20.4. The van der Waals surface area contributed by atoms with Crippen LogP contribution in [0.5, 0.6) is 11.5 Å². The van der Waals surface area contributed by atoms with E-state index in [0.29, 0.717) is 49.1 Å². The molecule has 0 aliphatic heterocycles. The summed E-state index contributed by atoms with van der Waals surface area (Å²) in [7, 11) is 0. The van der Waals surface area contributed by atoms with Crippen LogP contribution in [-0.2, 0) is 11.2 Å². The van der Waals surface area contributed by atoms with Crippen LogP contribution in [-0.4, -0.2) is 30.6 Å². The number of benzene rings is 2. The summed E-state index contributed by atoms with van der Waals surface area (Å²) in [6.07, 6.45) is 2.02. The van der Waals surface area contributed by atoms with Gasteiger partial charge in [0.25, 0.3) is 0 Å². The maximum absolute atomic E-state index is 13.8. The van der Waals surface area contributed by atoms with Crippen molar-refractivity contribution in [2.45, 2.75) is 19.8 Å². The highest BCUT2D eigenvalue weighted by molar-refractivity contribution is 5.76. The number of nitrogens with one attached hydrogen (secondary N) is 1. The van der Waals surface area contributed by atoms with Crippen molar-refractivity contribution in [1.82, 2.24) is 10.3 Å². The van der Waals surface area contributed by atoms with Crippen LogP contribution in [0.25, 0.3) is 11.3 Å². The van der Waals surface area contributed by atoms with Crippen LogP contribution in [0.3, 0.4) is 0 Å². The van der Waals surface area contributed by atoms with E-state index in [0.717, 1.165) is 5.75 Å². The van der Waals surface area contributed by atoms with Gasteiger partial charge in [-0.25, -0.2) is 9.37 Å². The molecule has 2 aromatic carbocycles. The molecule has 0 saturated carbocycles. The number of amides is 1. The largest absolute Gasteiger partial charge is 0.494 e. The van der Waals surface area contributed by atoms with Crippen molar-refractivity contribution in [3.8, 4) is 22.8 Å². The summed E-state index contributed by atoms with van der Waals surface area (Å²) in [5.41, 5.74) is 0.349. The van der Waals surface area contributed by atoms with E-state index < -0.39 is 0 Å². The van der Waals surface area contributed by atoms with Crippen LogP contribution in [0.1, 0.15) is 19.2 Å². The first-order valence-corrected chi connectivity index (χ1v) is 9.47. The molecule has 0 aliphatic carbocycles. The zero-order valence-corrected chi connectivity index (χ0v) is 16.2. The van der Waals surface area contributed by atoms with E-state index >= 15 is 0 Å². The predicted octanol–water partition coefficient (Wildman–Crippen LogP) is 4.01. The lowest BCUT2D eigenvalue weighted by molar-refractivity contribution is -0.121. The maximum Gasteiger partial charge on any atom is 0.220 e. The van der Waals surface area contributed by atoms with Gasteiger partial charge >= 0.3 is 0 Å². The van der Waals surface area contributed by atoms with Crippen LogP contribution < -0.4 is 14.8 Å². The number of aromatic nitrogens is 1. The molecule has 0 saturated heterocycles. The Morgan fingerprint density at radius 2 is 1.83 bits per heavy atom. The van der Waals surface area contributed by atoms with E-state index in [1.165, 1.54) is 12.3 Å². The van der Waals surface area contributed by atoms with Gasteiger partial charge < -0.3 is 19.2 Å². The smallest absolute Gasteiger partial charge is 0.220 e. The first-order chi connectivity index (χ1) is 14.2. The highest BCUT2D eigenvalue weighted by Gasteiger charge is 2.11. The second-order valence-corrected chi connectivity index (χ2v) is 6.20. The molecular weight excluding hydrogens is 375 g/mol. The Labute approximate surface area is 168 Å². The second-order valence-electron chi connectivity index (χ2n) is 6.20. The molecule has 0 bridgehead atoms. The molecule has 0 radical (unpaired) electrons. The van der Waals surface area contributed by atoms with Gasteiger partial charge in [0, 0.05) is 12.8 Å². The van der Waals surface area contributed by atoms with Gasteiger partial charge in [0.1, 0.15) is 23.9 Å². The molecule has 0 fully saturated rings. The molecule has 7 heteroatoms. The van der Waals surface area contributed by atoms with Crippen LogP contribution in [0.15, 0.2) is 59.1 Å². The molecular formula is C22H23FN2O4. The first-order valence-electron chi connectivity index (χ1n) is 9.47. The number of halogens is 1. The van der Waals surface area contributed by atoms with Gasteiger partial charge in [-0.05, 0) is 43.3 Å². The van der Waals surface area contributed by atoms with Crippen molar-refractivity contribution < 1.29 is 23.1 Å². The fourth-order valence-corrected chi connectivity index (χ4v) is 2.68. The van der Waals surface area contributed by atoms with E-state index in [9.17, 15) is 9.18 Å². The lowest BCUT2D eigenvalue weighted by Crippen LogP contribution is -2.28. The number of aryl methyl sites for hydroxylation is 1. The van der Waals surface area contributed by atoms with Gasteiger partial charge in [0.05, 0.1) is 24.9 Å². The van der Waals surface area contributed by atoms with Gasteiger partial charge in [0.15, 0.2) is 11.7 Å². The maximum atomic E-state index is 13.8. The second kappa shape index (κ2) is 10.3. The zero-order valence-electron chi connectivity index (χ0n) is 16.2. The highest BCUT2D eigenvalue weighted by Crippen LogP contribution is 2.23. The Morgan fingerprint density at radius 1 is 1.10 bits per heavy atom. The standard InChI is InChI=1S/C22H23FN2O4/c1-2-27-16-7-9-17(10-8-16)28-14-13-24-21(26)11-12-22-25-15-20(29-22)18-5-3-4-6-19(18)23/h3-10,15H,2,11-14H2,1H3,(H,24,26). The molecule has 0 aliphatic rings. The van der Waals surface area contributed by atoms with Crippen LogP contribution >= 0.6 is 0 Å². The summed E-state index contributed by atoms with van der Waals surface area (Å²) in [6.45, 7) is 3.29. The minimum Gasteiger partial charge on any atom is -0.494 e. The summed E-state index contributed by atoms with van der Waals surface area (Å²) >= 11 is 0. The monoisotopic (exact) mass is 398 g/mol. The van der Waals surface area contributed by atoms with Crippen molar-refractivity contribution in [2.24, 2.45) is 0 Å². The molecule has 1 amide bonds. The van der Waals surface area contributed by atoms with Crippen LogP contribution in [0, 0.1) is 5.82 Å². The number of rotatable bonds is 10. The molecule has 0 spiro atoms. The molecule has 0 atom stereocenters. The summed E-state index contributed by atoms with van der Waals surface area (Å²) in [6, 6.07) is 13.6. The quantitative estimate of drug-likeness (QED) is 0.523. The molecule has 6 nitrogen and oxygen atoms in total. The number of oxazole rings is 1. The lowest BCUT2D eigenvalue weighted by atomic mass is 10.2. The predicted molar refractivity (Wildman–Crippen MR) is 106 cm³/mol. The van der Waals surface area contributed by atoms with Gasteiger partial charge in [-0.3, -0.25) is 4.79 Å². The molecule has 0 unspecified atom stereocenters. The minimum atomic E-state index is -0.375. The van der Waals surface area contributed by atoms with E-state index in [1.807, 2.05) is 31.2 Å². The normalized spacial score (nSPS) is 10.6. The molecule has 3 aromatic rings. The summed E-state index contributed by atoms with van der Waals surface area (Å²) in [5, 5.41) is 2.78. The average molecular weight is 398 g/mol. The number of nitrogens with zero attached hydrogens (tertiary/aromatic N) is 1. The molecule has 1 N–H and O–H groups in total. The Kier molecular flexibility index (Phi) is 7.22. The minimum absolute atomic E-state index is 0.133. The Balaban J connectivity index is 1.37. The molecule has 1 heterocycles. The van der Waals surface area contributed by atoms with Gasteiger partial charge in [0.2, 0.25) is 5.91 Å². The van der Waals surface area contributed by atoms with E-state index in [-0.39, 0.29) is 18.1 Å². The summed E-state index contributed by atoms with van der Waals surface area (Å²) in [4.78, 5) is 16.1. The number of carbonyl (C=O) groups is 1. The van der Waals surface area contributed by atoms with Crippen LogP contribution in [0.4, 0.5) is 4.39 Å². The molecule has 1 aromatic heterocycles. The SMILES string of the molecule is CCOc1ccc(OCCNC(=O)CCc2ncc(-c3ccccc3F)o2)cc1. The Bertz CT molecular complexity index is 925. The van der Waals surface area contributed by atoms with Gasteiger partial charge in [-0.2, -0.15) is 0 Å².